The molecule has 3 N–H and O–H groups in total. The molecule has 0 unspecified atom stereocenters. The summed E-state index contributed by atoms with van der Waals surface area (Å²) in [6, 6.07) is 1.95. The summed E-state index contributed by atoms with van der Waals surface area (Å²) in [5.74, 6) is 0. The van der Waals surface area contributed by atoms with Crippen LogP contribution in [0.3, 0.4) is 0 Å². The van der Waals surface area contributed by atoms with Crippen LogP contribution in [0.4, 0.5) is 0 Å². The molecular formula is C9H13ClN2O. The lowest BCUT2D eigenvalue weighted by atomic mass is 10.1. The van der Waals surface area contributed by atoms with E-state index >= 15 is 0 Å². The molecule has 0 aliphatic heterocycles. The van der Waals surface area contributed by atoms with Crippen molar-refractivity contribution < 1.29 is 0 Å². The minimum atomic E-state index is -0.0156. The van der Waals surface area contributed by atoms with Crippen molar-refractivity contribution in [3.63, 3.8) is 0 Å². The molecule has 0 atom stereocenters. The van der Waals surface area contributed by atoms with E-state index in [1.54, 1.807) is 0 Å². The Morgan fingerprint density at radius 2 is 2.23 bits per heavy atom. The summed E-state index contributed by atoms with van der Waals surface area (Å²) in [5, 5.41) is 0. The highest BCUT2D eigenvalue weighted by molar-refractivity contribution is 5.85. The monoisotopic (exact) mass is 200 g/mol. The van der Waals surface area contributed by atoms with Crippen LogP contribution in [0.5, 0.6) is 0 Å². The first-order valence-corrected chi connectivity index (χ1v) is 4.25. The molecule has 13 heavy (non-hydrogen) atoms. The quantitative estimate of drug-likeness (QED) is 0.703. The van der Waals surface area contributed by atoms with E-state index in [-0.39, 0.29) is 18.0 Å². The van der Waals surface area contributed by atoms with E-state index < -0.39 is 0 Å². The molecule has 1 heterocycles. The van der Waals surface area contributed by atoms with E-state index in [9.17, 15) is 4.79 Å². The van der Waals surface area contributed by atoms with E-state index in [2.05, 4.69) is 4.98 Å². The molecule has 4 heteroatoms. The Kier molecular flexibility index (Phi) is 3.12. The fraction of sp³-hybridized carbons (Fsp3) is 0.444. The Labute approximate surface area is 82.8 Å². The first kappa shape index (κ1) is 10.3. The number of halogens is 1. The minimum absolute atomic E-state index is 0. The lowest BCUT2D eigenvalue weighted by Gasteiger charge is -2.00. The summed E-state index contributed by atoms with van der Waals surface area (Å²) in [6.07, 6.45) is 3.24. The number of hydrogen-bond acceptors (Lipinski definition) is 2. The molecule has 0 saturated carbocycles. The van der Waals surface area contributed by atoms with Crippen LogP contribution in [0.25, 0.3) is 0 Å². The molecule has 1 aromatic heterocycles. The van der Waals surface area contributed by atoms with Gasteiger partial charge in [-0.2, -0.15) is 0 Å². The zero-order chi connectivity index (χ0) is 8.55. The van der Waals surface area contributed by atoms with Crippen molar-refractivity contribution >= 4 is 12.4 Å². The highest BCUT2D eigenvalue weighted by atomic mass is 35.5. The van der Waals surface area contributed by atoms with Crippen LogP contribution in [0, 0.1) is 0 Å². The van der Waals surface area contributed by atoms with Gasteiger partial charge in [0.05, 0.1) is 0 Å². The number of aryl methyl sites for hydroxylation is 2. The van der Waals surface area contributed by atoms with Gasteiger partial charge in [0.25, 0.3) is 5.56 Å². The summed E-state index contributed by atoms with van der Waals surface area (Å²) in [4.78, 5) is 14.1. The third-order valence-corrected chi connectivity index (χ3v) is 2.38. The number of aromatic amines is 1. The smallest absolute Gasteiger partial charge is 0.252 e. The number of nitrogens with two attached hydrogens (primary N) is 1. The maximum absolute atomic E-state index is 11.3. The molecule has 1 aromatic rings. The van der Waals surface area contributed by atoms with Crippen LogP contribution in [0.15, 0.2) is 10.9 Å². The van der Waals surface area contributed by atoms with E-state index in [0.717, 1.165) is 25.0 Å². The average Bonchev–Trinajstić information content (AvgIpc) is 2.49. The Morgan fingerprint density at radius 1 is 1.46 bits per heavy atom. The number of pyridine rings is 1. The second-order valence-electron chi connectivity index (χ2n) is 3.19. The normalized spacial score (nSPS) is 13.6. The first-order chi connectivity index (χ1) is 5.81. The van der Waals surface area contributed by atoms with Crippen molar-refractivity contribution in [1.82, 2.24) is 4.98 Å². The fourth-order valence-corrected chi connectivity index (χ4v) is 1.71. The number of nitrogens with one attached hydrogen (secondary N) is 1. The zero-order valence-electron chi connectivity index (χ0n) is 7.30. The molecule has 0 aromatic carbocycles. The van der Waals surface area contributed by atoms with Gasteiger partial charge in [-0.25, -0.2) is 0 Å². The Hall–Kier alpha value is -0.800. The number of aromatic nitrogens is 1. The van der Waals surface area contributed by atoms with Gasteiger partial charge in [0.15, 0.2) is 0 Å². The second kappa shape index (κ2) is 3.94. The second-order valence-corrected chi connectivity index (χ2v) is 3.19. The van der Waals surface area contributed by atoms with Crippen LogP contribution in [-0.4, -0.2) is 4.98 Å². The number of rotatable bonds is 1. The van der Waals surface area contributed by atoms with Gasteiger partial charge < -0.3 is 10.7 Å². The van der Waals surface area contributed by atoms with Crippen molar-refractivity contribution in [2.75, 3.05) is 0 Å². The van der Waals surface area contributed by atoms with E-state index in [1.165, 1.54) is 5.56 Å². The lowest BCUT2D eigenvalue weighted by Crippen LogP contribution is -2.17. The Bertz CT molecular complexity index is 359. The molecule has 0 fully saturated rings. The van der Waals surface area contributed by atoms with Crippen molar-refractivity contribution in [3.05, 3.63) is 33.2 Å². The van der Waals surface area contributed by atoms with Gasteiger partial charge in [0.2, 0.25) is 0 Å². The Balaban J connectivity index is 0.000000845. The largest absolute Gasteiger partial charge is 0.326 e. The molecule has 72 valence electrons. The van der Waals surface area contributed by atoms with E-state index in [0.29, 0.717) is 12.1 Å². The van der Waals surface area contributed by atoms with Gasteiger partial charge in [-0.1, -0.05) is 0 Å². The summed E-state index contributed by atoms with van der Waals surface area (Å²) >= 11 is 0. The van der Waals surface area contributed by atoms with Crippen LogP contribution < -0.4 is 11.3 Å². The molecule has 0 bridgehead atoms. The fourth-order valence-electron chi connectivity index (χ4n) is 1.71. The number of hydrogen-bond donors (Lipinski definition) is 2. The van der Waals surface area contributed by atoms with Crippen molar-refractivity contribution in [2.24, 2.45) is 5.73 Å². The number of fused-ring (bicyclic) bond motifs is 1. The lowest BCUT2D eigenvalue weighted by molar-refractivity contribution is 0.896. The van der Waals surface area contributed by atoms with Gasteiger partial charge in [-0.15, -0.1) is 12.4 Å². The average molecular weight is 201 g/mol. The molecule has 2 rings (SSSR count). The predicted octanol–water partition coefficient (Wildman–Crippen LogP) is 0.744. The molecule has 0 saturated heterocycles. The number of H-pyrrole nitrogens is 1. The predicted molar refractivity (Wildman–Crippen MR) is 54.2 cm³/mol. The maximum atomic E-state index is 11.3. The van der Waals surface area contributed by atoms with Gasteiger partial charge in [0, 0.05) is 17.8 Å². The molecule has 0 radical (unpaired) electrons. The SMILES string of the molecule is Cl.NCc1cc2c([nH]c1=O)CCC2. The standard InChI is InChI=1S/C9H12N2O.ClH/c10-5-7-4-6-2-1-3-8(6)11-9(7)12;/h4H,1-3,5,10H2,(H,11,12);1H. The maximum Gasteiger partial charge on any atom is 0.252 e. The van der Waals surface area contributed by atoms with E-state index in [4.69, 9.17) is 5.73 Å². The highest BCUT2D eigenvalue weighted by Crippen LogP contribution is 2.18. The van der Waals surface area contributed by atoms with Crippen molar-refractivity contribution in [2.45, 2.75) is 25.8 Å². The van der Waals surface area contributed by atoms with Gasteiger partial charge in [-0.3, -0.25) is 4.79 Å². The third-order valence-electron chi connectivity index (χ3n) is 2.38. The third kappa shape index (κ3) is 1.76. The minimum Gasteiger partial charge on any atom is -0.326 e. The molecule has 3 nitrogen and oxygen atoms in total. The molecular weight excluding hydrogens is 188 g/mol. The molecule has 1 aliphatic carbocycles. The van der Waals surface area contributed by atoms with E-state index in [1.807, 2.05) is 6.07 Å². The zero-order valence-corrected chi connectivity index (χ0v) is 8.12. The summed E-state index contributed by atoms with van der Waals surface area (Å²) < 4.78 is 0. The van der Waals surface area contributed by atoms with Crippen LogP contribution >= 0.6 is 12.4 Å². The summed E-state index contributed by atoms with van der Waals surface area (Å²) in [6.45, 7) is 0.336. The first-order valence-electron chi connectivity index (χ1n) is 4.25. The molecule has 0 amide bonds. The summed E-state index contributed by atoms with van der Waals surface area (Å²) in [5.41, 5.74) is 8.50. The van der Waals surface area contributed by atoms with Gasteiger partial charge in [-0.05, 0) is 30.9 Å². The van der Waals surface area contributed by atoms with Crippen molar-refractivity contribution in [3.8, 4) is 0 Å². The van der Waals surface area contributed by atoms with Crippen LogP contribution in [-0.2, 0) is 19.4 Å². The van der Waals surface area contributed by atoms with Crippen molar-refractivity contribution in [1.29, 1.82) is 0 Å². The topological polar surface area (TPSA) is 58.9 Å². The summed E-state index contributed by atoms with van der Waals surface area (Å²) in [7, 11) is 0. The van der Waals surface area contributed by atoms with Gasteiger partial charge in [0.1, 0.15) is 0 Å². The van der Waals surface area contributed by atoms with Crippen LogP contribution in [0.2, 0.25) is 0 Å². The highest BCUT2D eigenvalue weighted by Gasteiger charge is 2.12. The van der Waals surface area contributed by atoms with Crippen LogP contribution in [0.1, 0.15) is 23.2 Å². The Morgan fingerprint density at radius 3 is 2.92 bits per heavy atom. The molecule has 0 spiro atoms. The van der Waals surface area contributed by atoms with Gasteiger partial charge >= 0.3 is 0 Å². The molecule has 1 aliphatic rings.